The highest BCUT2D eigenvalue weighted by molar-refractivity contribution is 5.59. The molecule has 1 fully saturated rings. The van der Waals surface area contributed by atoms with Gasteiger partial charge in [0.15, 0.2) is 0 Å². The van der Waals surface area contributed by atoms with E-state index in [1.165, 1.54) is 12.0 Å². The van der Waals surface area contributed by atoms with Crippen molar-refractivity contribution in [1.82, 2.24) is 9.97 Å². The van der Waals surface area contributed by atoms with Crippen LogP contribution in [0, 0.1) is 11.8 Å². The van der Waals surface area contributed by atoms with E-state index in [-0.39, 0.29) is 0 Å². The molecular formula is C16H28N4. The van der Waals surface area contributed by atoms with E-state index in [2.05, 4.69) is 47.9 Å². The molecule has 2 unspecified atom stereocenters. The topological polar surface area (TPSA) is 41.1 Å². The van der Waals surface area contributed by atoms with Gasteiger partial charge < -0.3 is 10.2 Å². The lowest BCUT2D eigenvalue weighted by Gasteiger charge is -2.37. The monoisotopic (exact) mass is 276 g/mol. The molecule has 4 nitrogen and oxygen atoms in total. The van der Waals surface area contributed by atoms with E-state index in [0.717, 1.165) is 55.9 Å². The van der Waals surface area contributed by atoms with Gasteiger partial charge in [-0.15, -0.1) is 0 Å². The Balaban J connectivity index is 2.22. The summed E-state index contributed by atoms with van der Waals surface area (Å²) in [6, 6.07) is 0. The summed E-state index contributed by atoms with van der Waals surface area (Å²) in [6.45, 7) is 12.3. The third kappa shape index (κ3) is 3.22. The summed E-state index contributed by atoms with van der Waals surface area (Å²) in [6.07, 6.45) is 5.05. The van der Waals surface area contributed by atoms with Gasteiger partial charge in [0.25, 0.3) is 0 Å². The number of rotatable bonds is 5. The molecule has 20 heavy (non-hydrogen) atoms. The highest BCUT2D eigenvalue weighted by atomic mass is 15.2. The van der Waals surface area contributed by atoms with Gasteiger partial charge >= 0.3 is 0 Å². The smallest absolute Gasteiger partial charge is 0.137 e. The van der Waals surface area contributed by atoms with Crippen LogP contribution in [-0.4, -0.2) is 29.6 Å². The van der Waals surface area contributed by atoms with Gasteiger partial charge in [-0.2, -0.15) is 0 Å². The lowest BCUT2D eigenvalue weighted by Crippen LogP contribution is -2.39. The average molecular weight is 276 g/mol. The van der Waals surface area contributed by atoms with E-state index in [1.54, 1.807) is 6.33 Å². The van der Waals surface area contributed by atoms with Crippen molar-refractivity contribution in [3.05, 3.63) is 11.9 Å². The van der Waals surface area contributed by atoms with Crippen molar-refractivity contribution in [2.24, 2.45) is 11.8 Å². The molecular weight excluding hydrogens is 248 g/mol. The summed E-state index contributed by atoms with van der Waals surface area (Å²) in [7, 11) is 0. The van der Waals surface area contributed by atoms with Crippen molar-refractivity contribution in [2.75, 3.05) is 29.9 Å². The van der Waals surface area contributed by atoms with Gasteiger partial charge in [-0.3, -0.25) is 0 Å². The molecule has 1 aromatic rings. The maximum Gasteiger partial charge on any atom is 0.137 e. The number of nitrogens with zero attached hydrogens (tertiary/aromatic N) is 3. The third-order valence-electron chi connectivity index (χ3n) is 4.45. The third-order valence-corrected chi connectivity index (χ3v) is 4.45. The first-order valence-corrected chi connectivity index (χ1v) is 8.00. The van der Waals surface area contributed by atoms with E-state index in [4.69, 9.17) is 0 Å². The zero-order valence-corrected chi connectivity index (χ0v) is 13.3. The minimum atomic E-state index is 0.732. The molecule has 0 aromatic carbocycles. The molecule has 1 N–H and O–H groups in total. The van der Waals surface area contributed by atoms with Crippen LogP contribution in [0.15, 0.2) is 6.33 Å². The first-order chi connectivity index (χ1) is 9.67. The molecule has 1 aliphatic rings. The van der Waals surface area contributed by atoms with Crippen molar-refractivity contribution >= 4 is 11.6 Å². The minimum Gasteiger partial charge on any atom is -0.370 e. The Bertz CT molecular complexity index is 432. The second-order valence-electron chi connectivity index (χ2n) is 5.99. The normalized spacial score (nSPS) is 22.9. The maximum atomic E-state index is 4.58. The highest BCUT2D eigenvalue weighted by Gasteiger charge is 2.25. The van der Waals surface area contributed by atoms with E-state index < -0.39 is 0 Å². The lowest BCUT2D eigenvalue weighted by molar-refractivity contribution is 0.322. The summed E-state index contributed by atoms with van der Waals surface area (Å²) >= 11 is 0. The van der Waals surface area contributed by atoms with Crippen LogP contribution < -0.4 is 10.2 Å². The molecule has 0 radical (unpaired) electrons. The number of hydrogen-bond acceptors (Lipinski definition) is 4. The number of piperidine rings is 1. The Morgan fingerprint density at radius 1 is 1.25 bits per heavy atom. The first-order valence-electron chi connectivity index (χ1n) is 8.00. The largest absolute Gasteiger partial charge is 0.370 e. The minimum absolute atomic E-state index is 0.732. The van der Waals surface area contributed by atoms with Gasteiger partial charge in [0.05, 0.1) is 0 Å². The summed E-state index contributed by atoms with van der Waals surface area (Å²) in [5, 5.41) is 3.44. The average Bonchev–Trinajstić information content (AvgIpc) is 2.47. The molecule has 0 aliphatic carbocycles. The Kier molecular flexibility index (Phi) is 5.21. The van der Waals surface area contributed by atoms with Crippen molar-refractivity contribution in [2.45, 2.75) is 47.0 Å². The van der Waals surface area contributed by atoms with Crippen LogP contribution in [0.1, 0.15) is 46.1 Å². The molecule has 2 heterocycles. The Morgan fingerprint density at radius 3 is 2.70 bits per heavy atom. The Hall–Kier alpha value is -1.32. The van der Waals surface area contributed by atoms with E-state index >= 15 is 0 Å². The molecule has 0 amide bonds. The molecule has 4 heteroatoms. The predicted molar refractivity (Wildman–Crippen MR) is 85.3 cm³/mol. The van der Waals surface area contributed by atoms with Crippen molar-refractivity contribution in [1.29, 1.82) is 0 Å². The van der Waals surface area contributed by atoms with E-state index in [9.17, 15) is 0 Å². The van der Waals surface area contributed by atoms with Crippen molar-refractivity contribution in [3.8, 4) is 0 Å². The van der Waals surface area contributed by atoms with Crippen LogP contribution in [0.5, 0.6) is 0 Å². The number of aromatic nitrogens is 2. The molecule has 0 saturated carbocycles. The number of anilines is 2. The SMILES string of the molecule is CCCNc1ncnc(N2CCC(C)C(C)C2)c1CC. The Labute approximate surface area is 123 Å². The molecule has 1 aliphatic heterocycles. The molecule has 2 atom stereocenters. The van der Waals surface area contributed by atoms with Gasteiger partial charge in [0, 0.05) is 25.2 Å². The predicted octanol–water partition coefficient (Wildman–Crippen LogP) is 3.34. The van der Waals surface area contributed by atoms with Gasteiger partial charge in [0.1, 0.15) is 18.0 Å². The molecule has 2 rings (SSSR count). The molecule has 0 bridgehead atoms. The first kappa shape index (κ1) is 15.1. The van der Waals surface area contributed by atoms with Gasteiger partial charge in [-0.1, -0.05) is 27.7 Å². The van der Waals surface area contributed by atoms with Crippen LogP contribution in [0.2, 0.25) is 0 Å². The summed E-state index contributed by atoms with van der Waals surface area (Å²) in [5.41, 5.74) is 1.27. The van der Waals surface area contributed by atoms with Crippen LogP contribution in [-0.2, 0) is 6.42 Å². The van der Waals surface area contributed by atoms with E-state index in [0.29, 0.717) is 0 Å². The zero-order valence-electron chi connectivity index (χ0n) is 13.3. The van der Waals surface area contributed by atoms with Crippen molar-refractivity contribution < 1.29 is 0 Å². The second-order valence-corrected chi connectivity index (χ2v) is 5.99. The molecule has 1 saturated heterocycles. The van der Waals surface area contributed by atoms with E-state index in [1.807, 2.05) is 0 Å². The van der Waals surface area contributed by atoms with Gasteiger partial charge in [-0.25, -0.2) is 9.97 Å². The molecule has 0 spiro atoms. The fourth-order valence-electron chi connectivity index (χ4n) is 2.85. The summed E-state index contributed by atoms with van der Waals surface area (Å²) in [5.74, 6) is 3.71. The summed E-state index contributed by atoms with van der Waals surface area (Å²) < 4.78 is 0. The van der Waals surface area contributed by atoms with Gasteiger partial charge in [-0.05, 0) is 31.1 Å². The van der Waals surface area contributed by atoms with Crippen molar-refractivity contribution in [3.63, 3.8) is 0 Å². The molecule has 1 aromatic heterocycles. The summed E-state index contributed by atoms with van der Waals surface area (Å²) in [4.78, 5) is 11.5. The lowest BCUT2D eigenvalue weighted by atomic mass is 9.88. The maximum absolute atomic E-state index is 4.58. The highest BCUT2D eigenvalue weighted by Crippen LogP contribution is 2.30. The number of hydrogen-bond donors (Lipinski definition) is 1. The Morgan fingerprint density at radius 2 is 2.05 bits per heavy atom. The fourth-order valence-corrected chi connectivity index (χ4v) is 2.85. The number of nitrogens with one attached hydrogen (secondary N) is 1. The van der Waals surface area contributed by atoms with Crippen LogP contribution in [0.4, 0.5) is 11.6 Å². The zero-order chi connectivity index (χ0) is 14.5. The van der Waals surface area contributed by atoms with Gasteiger partial charge in [0.2, 0.25) is 0 Å². The van der Waals surface area contributed by atoms with Crippen LogP contribution in [0.25, 0.3) is 0 Å². The van der Waals surface area contributed by atoms with Crippen LogP contribution in [0.3, 0.4) is 0 Å². The second kappa shape index (κ2) is 6.91. The standard InChI is InChI=1S/C16H28N4/c1-5-8-17-15-14(6-2)16(19-11-18-15)20-9-7-12(3)13(4)10-20/h11-13H,5-10H2,1-4H3,(H,17,18,19). The quantitative estimate of drug-likeness (QED) is 0.895. The fraction of sp³-hybridized carbons (Fsp3) is 0.750. The molecule has 112 valence electrons. The van der Waals surface area contributed by atoms with Crippen LogP contribution >= 0.6 is 0 Å².